The molecule has 0 aromatic heterocycles. The zero-order valence-electron chi connectivity index (χ0n) is 17.7. The molecule has 0 aliphatic carbocycles. The topological polar surface area (TPSA) is 73.3 Å². The first kappa shape index (κ1) is 21.6. The van der Waals surface area contributed by atoms with Crippen LogP contribution in [0.2, 0.25) is 0 Å². The van der Waals surface area contributed by atoms with Gasteiger partial charge in [0, 0.05) is 62.3 Å². The number of imide groups is 1. The molecule has 2 heterocycles. The zero-order chi connectivity index (χ0) is 21.8. The Hall–Kier alpha value is -2.58. The fourth-order valence-electron chi connectivity index (χ4n) is 4.36. The number of piperazine rings is 1. The summed E-state index contributed by atoms with van der Waals surface area (Å²) in [5, 5.41) is 11.8. The van der Waals surface area contributed by atoms with Crippen LogP contribution in [0.1, 0.15) is 20.7 Å². The van der Waals surface area contributed by atoms with Crippen molar-refractivity contribution in [2.45, 2.75) is 6.10 Å². The van der Waals surface area contributed by atoms with E-state index < -0.39 is 6.10 Å². The maximum absolute atomic E-state index is 13.0. The van der Waals surface area contributed by atoms with E-state index in [0.29, 0.717) is 44.0 Å². The average Bonchev–Trinajstić information content (AvgIpc) is 2.78. The van der Waals surface area contributed by atoms with Crippen molar-refractivity contribution >= 4 is 22.6 Å². The van der Waals surface area contributed by atoms with Gasteiger partial charge in [0.15, 0.2) is 0 Å². The van der Waals surface area contributed by atoms with Gasteiger partial charge in [0.05, 0.1) is 19.3 Å². The van der Waals surface area contributed by atoms with Crippen LogP contribution < -0.4 is 0 Å². The van der Waals surface area contributed by atoms with Crippen molar-refractivity contribution in [3.63, 3.8) is 0 Å². The van der Waals surface area contributed by atoms with Gasteiger partial charge in [-0.2, -0.15) is 0 Å². The van der Waals surface area contributed by atoms with E-state index in [4.69, 9.17) is 4.74 Å². The van der Waals surface area contributed by atoms with Gasteiger partial charge >= 0.3 is 0 Å². The molecule has 7 nitrogen and oxygen atoms in total. The minimum absolute atomic E-state index is 0.212. The van der Waals surface area contributed by atoms with Gasteiger partial charge < -0.3 is 9.84 Å². The molecule has 2 aromatic rings. The van der Waals surface area contributed by atoms with Crippen molar-refractivity contribution in [2.75, 3.05) is 59.0 Å². The molecule has 0 spiro atoms. The molecule has 2 aromatic carbocycles. The molecule has 0 bridgehead atoms. The number of nitrogens with zero attached hydrogens (tertiary/aromatic N) is 3. The van der Waals surface area contributed by atoms with Gasteiger partial charge in [-0.15, -0.1) is 6.58 Å². The van der Waals surface area contributed by atoms with Crippen LogP contribution in [0, 0.1) is 0 Å². The van der Waals surface area contributed by atoms with Gasteiger partial charge in [0.25, 0.3) is 11.8 Å². The fourth-order valence-corrected chi connectivity index (χ4v) is 4.36. The summed E-state index contributed by atoms with van der Waals surface area (Å²) in [5.41, 5.74) is 1.20. The third kappa shape index (κ3) is 4.70. The molecule has 1 saturated heterocycles. The number of carbonyl (C=O) groups excluding carboxylic acids is 2. The maximum atomic E-state index is 13.0. The summed E-state index contributed by atoms with van der Waals surface area (Å²) >= 11 is 0. The molecule has 1 unspecified atom stereocenters. The molecule has 31 heavy (non-hydrogen) atoms. The first-order valence-electron chi connectivity index (χ1n) is 10.8. The first-order valence-corrected chi connectivity index (χ1v) is 10.8. The van der Waals surface area contributed by atoms with Crippen LogP contribution in [0.15, 0.2) is 49.1 Å². The second kappa shape index (κ2) is 9.70. The largest absolute Gasteiger partial charge is 0.389 e. The number of rotatable bonds is 9. The number of carbonyl (C=O) groups is 2. The van der Waals surface area contributed by atoms with E-state index in [-0.39, 0.29) is 11.8 Å². The number of β-amino-alcohol motifs (C(OH)–C–C–N with tert-alkyl or cyclic N) is 1. The fraction of sp³-hybridized carbons (Fsp3) is 0.417. The molecule has 4 rings (SSSR count). The molecule has 164 valence electrons. The van der Waals surface area contributed by atoms with Gasteiger partial charge in [0.2, 0.25) is 0 Å². The smallest absolute Gasteiger partial charge is 0.261 e. The number of aliphatic hydroxyl groups excluding tert-OH is 1. The van der Waals surface area contributed by atoms with Crippen LogP contribution in [0.5, 0.6) is 0 Å². The Kier molecular flexibility index (Phi) is 6.77. The van der Waals surface area contributed by atoms with Gasteiger partial charge in [-0.1, -0.05) is 30.3 Å². The summed E-state index contributed by atoms with van der Waals surface area (Å²) in [5.74, 6) is -0.425. The summed E-state index contributed by atoms with van der Waals surface area (Å²) in [6.07, 6.45) is 1.15. The summed E-state index contributed by atoms with van der Waals surface area (Å²) < 4.78 is 5.30. The minimum atomic E-state index is -0.516. The predicted molar refractivity (Wildman–Crippen MR) is 119 cm³/mol. The number of aliphatic hydroxyl groups is 1. The molecule has 1 atom stereocenters. The van der Waals surface area contributed by atoms with Crippen molar-refractivity contribution in [3.8, 4) is 0 Å². The highest BCUT2D eigenvalue weighted by atomic mass is 16.5. The third-order valence-corrected chi connectivity index (χ3v) is 5.98. The van der Waals surface area contributed by atoms with E-state index in [1.54, 1.807) is 18.2 Å². The molecular formula is C24H29N3O4. The number of hydrogen-bond donors (Lipinski definition) is 1. The summed E-state index contributed by atoms with van der Waals surface area (Å²) in [7, 11) is 0. The van der Waals surface area contributed by atoms with E-state index in [2.05, 4.69) is 16.4 Å². The van der Waals surface area contributed by atoms with Crippen LogP contribution in [0.25, 0.3) is 10.8 Å². The molecule has 7 heteroatoms. The van der Waals surface area contributed by atoms with Crippen molar-refractivity contribution in [3.05, 3.63) is 60.2 Å². The Labute approximate surface area is 182 Å². The lowest BCUT2D eigenvalue weighted by Gasteiger charge is -2.36. The highest BCUT2D eigenvalue weighted by Crippen LogP contribution is 2.29. The predicted octanol–water partition coefficient (Wildman–Crippen LogP) is 1.62. The van der Waals surface area contributed by atoms with E-state index >= 15 is 0 Å². The number of hydrogen-bond acceptors (Lipinski definition) is 6. The number of ether oxygens (including phenoxy) is 1. The van der Waals surface area contributed by atoms with Crippen LogP contribution in [-0.2, 0) is 4.74 Å². The van der Waals surface area contributed by atoms with Gasteiger partial charge in [-0.25, -0.2) is 0 Å². The second-order valence-corrected chi connectivity index (χ2v) is 8.09. The molecule has 2 amide bonds. The van der Waals surface area contributed by atoms with Crippen molar-refractivity contribution in [2.24, 2.45) is 0 Å². The molecule has 1 N–H and O–H groups in total. The first-order chi connectivity index (χ1) is 15.1. The van der Waals surface area contributed by atoms with Crippen molar-refractivity contribution in [1.82, 2.24) is 14.7 Å². The Balaban J connectivity index is 1.30. The maximum Gasteiger partial charge on any atom is 0.261 e. The number of amides is 2. The van der Waals surface area contributed by atoms with Crippen LogP contribution in [-0.4, -0.2) is 96.8 Å². The molecule has 2 aliphatic heterocycles. The van der Waals surface area contributed by atoms with Gasteiger partial charge in [-0.3, -0.25) is 24.3 Å². The molecular weight excluding hydrogens is 394 g/mol. The summed E-state index contributed by atoms with van der Waals surface area (Å²) in [6, 6.07) is 11.2. The van der Waals surface area contributed by atoms with E-state index in [1.165, 1.54) is 4.90 Å². The monoisotopic (exact) mass is 423 g/mol. The molecule has 2 aliphatic rings. The lowest BCUT2D eigenvalue weighted by molar-refractivity contribution is 0.0141. The second-order valence-electron chi connectivity index (χ2n) is 8.09. The Morgan fingerprint density at radius 1 is 0.968 bits per heavy atom. The Morgan fingerprint density at radius 3 is 2.19 bits per heavy atom. The standard InChI is InChI=1S/C24H29N3O4/c1-2-15-31-17-19(28)16-26-11-9-25(10-12-26)13-14-27-23(29)20-7-3-5-18-6-4-8-21(22(18)20)24(27)30/h2-8,19,28H,1,9-17H2. The van der Waals surface area contributed by atoms with E-state index in [9.17, 15) is 14.7 Å². The van der Waals surface area contributed by atoms with Gasteiger partial charge in [-0.05, 0) is 17.5 Å². The SMILES string of the molecule is C=CCOCC(O)CN1CCN(CCN2C(=O)c3cccc4cccc(c34)C2=O)CC1. The highest BCUT2D eigenvalue weighted by Gasteiger charge is 2.32. The summed E-state index contributed by atoms with van der Waals surface area (Å²) in [6.45, 7) is 9.29. The van der Waals surface area contributed by atoms with E-state index in [1.807, 2.05) is 24.3 Å². The normalized spacial score (nSPS) is 18.5. The van der Waals surface area contributed by atoms with Crippen LogP contribution >= 0.6 is 0 Å². The minimum Gasteiger partial charge on any atom is -0.389 e. The lowest BCUT2D eigenvalue weighted by Crippen LogP contribution is -2.51. The number of benzene rings is 2. The third-order valence-electron chi connectivity index (χ3n) is 5.98. The molecule has 0 radical (unpaired) electrons. The summed E-state index contributed by atoms with van der Waals surface area (Å²) in [4.78, 5) is 31.9. The van der Waals surface area contributed by atoms with E-state index in [0.717, 1.165) is 37.0 Å². The lowest BCUT2D eigenvalue weighted by atomic mass is 9.94. The molecule has 1 fully saturated rings. The molecule has 0 saturated carbocycles. The van der Waals surface area contributed by atoms with Crippen molar-refractivity contribution < 1.29 is 19.4 Å². The van der Waals surface area contributed by atoms with Crippen molar-refractivity contribution in [1.29, 1.82) is 0 Å². The Morgan fingerprint density at radius 2 is 1.58 bits per heavy atom. The quantitative estimate of drug-likeness (QED) is 0.375. The van der Waals surface area contributed by atoms with Crippen LogP contribution in [0.3, 0.4) is 0 Å². The zero-order valence-corrected chi connectivity index (χ0v) is 17.7. The average molecular weight is 424 g/mol. The van der Waals surface area contributed by atoms with Gasteiger partial charge in [0.1, 0.15) is 0 Å². The Bertz CT molecular complexity index is 918. The highest BCUT2D eigenvalue weighted by molar-refractivity contribution is 6.25. The van der Waals surface area contributed by atoms with Crippen LogP contribution in [0.4, 0.5) is 0 Å².